The maximum Gasteiger partial charge on any atom is 0.323 e. The Labute approximate surface area is 105 Å². The number of carboxylic acid groups (broad SMARTS) is 2. The van der Waals surface area contributed by atoms with Gasteiger partial charge in [0.25, 0.3) is 0 Å². The van der Waals surface area contributed by atoms with E-state index in [9.17, 15) is 14.4 Å². The molecule has 0 aliphatic carbocycles. The van der Waals surface area contributed by atoms with Crippen LogP contribution in [0.1, 0.15) is 26.2 Å². The zero-order valence-corrected chi connectivity index (χ0v) is 10.3. The third kappa shape index (κ3) is 3.69. The van der Waals surface area contributed by atoms with Gasteiger partial charge in [-0.15, -0.1) is 0 Å². The predicted molar refractivity (Wildman–Crippen MR) is 62.1 cm³/mol. The maximum absolute atomic E-state index is 12.2. The third-order valence-corrected chi connectivity index (χ3v) is 3.03. The van der Waals surface area contributed by atoms with E-state index in [1.54, 1.807) is 6.92 Å². The van der Waals surface area contributed by atoms with Crippen LogP contribution in [0.3, 0.4) is 0 Å². The zero-order valence-electron chi connectivity index (χ0n) is 10.3. The highest BCUT2D eigenvalue weighted by Gasteiger charge is 2.38. The highest BCUT2D eigenvalue weighted by molar-refractivity contribution is 5.91. The Morgan fingerprint density at radius 2 is 1.72 bits per heavy atom. The van der Waals surface area contributed by atoms with Crippen LogP contribution >= 0.6 is 0 Å². The van der Waals surface area contributed by atoms with Gasteiger partial charge in [-0.2, -0.15) is 0 Å². The molecular weight excluding hydrogens is 240 g/mol. The molecule has 1 unspecified atom stereocenters. The second-order valence-corrected chi connectivity index (χ2v) is 4.66. The largest absolute Gasteiger partial charge is 0.480 e. The molecule has 0 aromatic heterocycles. The molecule has 102 valence electrons. The number of carboxylic acids is 2. The van der Waals surface area contributed by atoms with Crippen LogP contribution in [0.5, 0.6) is 0 Å². The van der Waals surface area contributed by atoms with Crippen LogP contribution in [0.15, 0.2) is 0 Å². The number of aliphatic carboxylic acids is 2. The Balaban J connectivity index is 2.79. The molecule has 1 amide bonds. The van der Waals surface area contributed by atoms with E-state index in [4.69, 9.17) is 10.2 Å². The molecule has 0 bridgehead atoms. The van der Waals surface area contributed by atoms with E-state index in [-0.39, 0.29) is 0 Å². The van der Waals surface area contributed by atoms with Gasteiger partial charge in [0.2, 0.25) is 5.91 Å². The van der Waals surface area contributed by atoms with Gasteiger partial charge in [-0.1, -0.05) is 0 Å². The number of amides is 1. The van der Waals surface area contributed by atoms with E-state index in [0.29, 0.717) is 13.0 Å². The van der Waals surface area contributed by atoms with E-state index >= 15 is 0 Å². The van der Waals surface area contributed by atoms with Crippen molar-refractivity contribution >= 4 is 17.8 Å². The molecule has 0 aromatic rings. The Morgan fingerprint density at radius 1 is 1.17 bits per heavy atom. The zero-order chi connectivity index (χ0) is 13.8. The summed E-state index contributed by atoms with van der Waals surface area (Å²) in [5.74, 6) is -2.90. The Hall–Kier alpha value is -1.63. The first-order valence-corrected chi connectivity index (χ1v) is 5.83. The van der Waals surface area contributed by atoms with Gasteiger partial charge in [0.05, 0.1) is 5.54 Å². The minimum atomic E-state index is -1.22. The summed E-state index contributed by atoms with van der Waals surface area (Å²) in [7, 11) is 0. The first-order valence-electron chi connectivity index (χ1n) is 5.83. The molecule has 1 aliphatic rings. The number of carbonyl (C=O) groups is 3. The smallest absolute Gasteiger partial charge is 0.323 e. The molecule has 7 heteroatoms. The van der Waals surface area contributed by atoms with Crippen LogP contribution in [0.4, 0.5) is 0 Å². The molecule has 1 rings (SSSR count). The van der Waals surface area contributed by atoms with Crippen LogP contribution in [0, 0.1) is 0 Å². The number of carbonyl (C=O) groups excluding carboxylic acids is 1. The fourth-order valence-electron chi connectivity index (χ4n) is 2.11. The van der Waals surface area contributed by atoms with Crippen LogP contribution in [-0.4, -0.2) is 58.1 Å². The minimum absolute atomic E-state index is 0.466. The summed E-state index contributed by atoms with van der Waals surface area (Å²) in [4.78, 5) is 34.4. The number of nitrogens with zero attached hydrogens (tertiary/aromatic N) is 1. The van der Waals surface area contributed by atoms with Crippen molar-refractivity contribution in [3.05, 3.63) is 0 Å². The van der Waals surface area contributed by atoms with Gasteiger partial charge in [-0.3, -0.25) is 14.4 Å². The SMILES string of the molecule is CC1(C(=O)N(CC(=O)O)CC(=O)O)CCCCN1. The van der Waals surface area contributed by atoms with E-state index < -0.39 is 36.5 Å². The second kappa shape index (κ2) is 5.81. The van der Waals surface area contributed by atoms with Crippen LogP contribution in [0.25, 0.3) is 0 Å². The fourth-order valence-corrected chi connectivity index (χ4v) is 2.11. The summed E-state index contributed by atoms with van der Waals surface area (Å²) in [6.45, 7) is 1.17. The Kier molecular flexibility index (Phi) is 4.66. The van der Waals surface area contributed by atoms with E-state index in [1.165, 1.54) is 0 Å². The van der Waals surface area contributed by atoms with Gasteiger partial charge < -0.3 is 20.4 Å². The quantitative estimate of drug-likeness (QED) is 0.614. The van der Waals surface area contributed by atoms with Crippen molar-refractivity contribution in [1.29, 1.82) is 0 Å². The van der Waals surface area contributed by atoms with E-state index in [2.05, 4.69) is 5.32 Å². The van der Waals surface area contributed by atoms with Crippen molar-refractivity contribution in [2.45, 2.75) is 31.7 Å². The molecule has 1 fully saturated rings. The molecule has 0 spiro atoms. The first kappa shape index (κ1) is 14.4. The molecule has 0 aromatic carbocycles. The van der Waals surface area contributed by atoms with Crippen LogP contribution in [-0.2, 0) is 14.4 Å². The summed E-state index contributed by atoms with van der Waals surface area (Å²) >= 11 is 0. The van der Waals surface area contributed by atoms with Gasteiger partial charge in [0, 0.05) is 0 Å². The lowest BCUT2D eigenvalue weighted by molar-refractivity contribution is -0.152. The molecule has 0 radical (unpaired) electrons. The molecule has 1 aliphatic heterocycles. The molecule has 1 heterocycles. The van der Waals surface area contributed by atoms with Gasteiger partial charge >= 0.3 is 11.9 Å². The number of hydrogen-bond acceptors (Lipinski definition) is 4. The monoisotopic (exact) mass is 258 g/mol. The molecule has 1 saturated heterocycles. The van der Waals surface area contributed by atoms with Crippen LogP contribution in [0.2, 0.25) is 0 Å². The molecule has 1 atom stereocenters. The molecule has 7 nitrogen and oxygen atoms in total. The maximum atomic E-state index is 12.2. The number of rotatable bonds is 5. The highest BCUT2D eigenvalue weighted by atomic mass is 16.4. The summed E-state index contributed by atoms with van der Waals surface area (Å²) < 4.78 is 0. The Morgan fingerprint density at radius 3 is 2.11 bits per heavy atom. The topological polar surface area (TPSA) is 107 Å². The minimum Gasteiger partial charge on any atom is -0.480 e. The third-order valence-electron chi connectivity index (χ3n) is 3.03. The van der Waals surface area contributed by atoms with Gasteiger partial charge in [-0.25, -0.2) is 0 Å². The second-order valence-electron chi connectivity index (χ2n) is 4.66. The molecule has 3 N–H and O–H groups in total. The van der Waals surface area contributed by atoms with Gasteiger partial charge in [-0.05, 0) is 32.7 Å². The lowest BCUT2D eigenvalue weighted by Gasteiger charge is -2.37. The fraction of sp³-hybridized carbons (Fsp3) is 0.727. The summed E-state index contributed by atoms with van der Waals surface area (Å²) in [5.41, 5.74) is -0.858. The number of piperidine rings is 1. The molecular formula is C11H18N2O5. The predicted octanol–water partition coefficient (Wildman–Crippen LogP) is -0.484. The van der Waals surface area contributed by atoms with Gasteiger partial charge in [0.15, 0.2) is 0 Å². The highest BCUT2D eigenvalue weighted by Crippen LogP contribution is 2.21. The number of nitrogens with one attached hydrogen (secondary N) is 1. The van der Waals surface area contributed by atoms with Crippen molar-refractivity contribution in [1.82, 2.24) is 10.2 Å². The average molecular weight is 258 g/mol. The molecule has 0 saturated carbocycles. The normalized spacial score (nSPS) is 23.4. The first-order chi connectivity index (χ1) is 8.35. The van der Waals surface area contributed by atoms with E-state index in [1.807, 2.05) is 0 Å². The van der Waals surface area contributed by atoms with Crippen molar-refractivity contribution in [2.75, 3.05) is 19.6 Å². The summed E-state index contributed by atoms with van der Waals surface area (Å²) in [5, 5.41) is 20.5. The van der Waals surface area contributed by atoms with Gasteiger partial charge in [0.1, 0.15) is 13.1 Å². The molecule has 18 heavy (non-hydrogen) atoms. The average Bonchev–Trinajstić information content (AvgIpc) is 2.27. The Bertz CT molecular complexity index is 333. The van der Waals surface area contributed by atoms with Crippen molar-refractivity contribution < 1.29 is 24.6 Å². The summed E-state index contributed by atoms with van der Waals surface area (Å²) in [6, 6.07) is 0. The summed E-state index contributed by atoms with van der Waals surface area (Å²) in [6.07, 6.45) is 2.41. The van der Waals surface area contributed by atoms with Crippen molar-refractivity contribution in [2.24, 2.45) is 0 Å². The van der Waals surface area contributed by atoms with Crippen molar-refractivity contribution in [3.8, 4) is 0 Å². The van der Waals surface area contributed by atoms with E-state index in [0.717, 1.165) is 17.7 Å². The van der Waals surface area contributed by atoms with Crippen molar-refractivity contribution in [3.63, 3.8) is 0 Å². The lowest BCUT2D eigenvalue weighted by Crippen LogP contribution is -2.59. The number of hydrogen-bond donors (Lipinski definition) is 3. The standard InChI is InChI=1S/C11H18N2O5/c1-11(4-2-3-5-12-11)10(18)13(6-8(14)15)7-9(16)17/h12H,2-7H2,1H3,(H,14,15)(H,16,17). The van der Waals surface area contributed by atoms with Crippen LogP contribution < -0.4 is 5.32 Å². The lowest BCUT2D eigenvalue weighted by atomic mass is 9.89.